The van der Waals surface area contributed by atoms with Crippen molar-refractivity contribution in [3.05, 3.63) is 0 Å². The maximum absolute atomic E-state index is 12.4. The topological polar surface area (TPSA) is 55.6 Å². The monoisotopic (exact) mass is 268 g/mol. The Hall–Kier alpha value is -0.820. The third kappa shape index (κ3) is 4.13. The Morgan fingerprint density at radius 2 is 2.17 bits per heavy atom. The maximum atomic E-state index is 12.4. The molecule has 0 bridgehead atoms. The van der Waals surface area contributed by atoms with Crippen molar-refractivity contribution in [2.45, 2.75) is 32.0 Å². The molecule has 2 unspecified atom stereocenters. The van der Waals surface area contributed by atoms with Crippen molar-refractivity contribution >= 4 is 5.91 Å². The molecule has 0 aromatic carbocycles. The largest absolute Gasteiger partial charge is 0.406 e. The van der Waals surface area contributed by atoms with Gasteiger partial charge in [0.1, 0.15) is 6.54 Å². The van der Waals surface area contributed by atoms with E-state index in [0.29, 0.717) is 19.4 Å². The van der Waals surface area contributed by atoms with E-state index in [0.717, 1.165) is 4.90 Å². The second kappa shape index (κ2) is 6.38. The third-order valence-electron chi connectivity index (χ3n) is 3.01. The fourth-order valence-electron chi connectivity index (χ4n) is 2.21. The molecule has 4 nitrogen and oxygen atoms in total. The standard InChI is InChI=1S/C11H19F3N2O2/c1-2-9-8(3-6-18-9)10(17)16(5-4-15)7-11(12,13)14/h8-9H,2-7,15H2,1H3. The molecule has 1 fully saturated rings. The first-order valence-electron chi connectivity index (χ1n) is 6.06. The number of nitrogens with zero attached hydrogens (tertiary/aromatic N) is 1. The zero-order valence-corrected chi connectivity index (χ0v) is 10.4. The van der Waals surface area contributed by atoms with Crippen LogP contribution in [-0.4, -0.2) is 49.3 Å². The van der Waals surface area contributed by atoms with Crippen LogP contribution in [0.2, 0.25) is 0 Å². The van der Waals surface area contributed by atoms with Gasteiger partial charge in [-0.25, -0.2) is 0 Å². The average molecular weight is 268 g/mol. The molecule has 2 atom stereocenters. The number of carbonyl (C=O) groups excluding carboxylic acids is 1. The Kier molecular flexibility index (Phi) is 5.40. The maximum Gasteiger partial charge on any atom is 0.406 e. The first-order chi connectivity index (χ1) is 8.39. The minimum atomic E-state index is -4.40. The molecule has 0 aliphatic carbocycles. The van der Waals surface area contributed by atoms with Crippen LogP contribution in [0.4, 0.5) is 13.2 Å². The van der Waals surface area contributed by atoms with Crippen molar-refractivity contribution in [1.82, 2.24) is 4.90 Å². The molecule has 1 aliphatic heterocycles. The lowest BCUT2D eigenvalue weighted by Gasteiger charge is -2.27. The molecule has 0 saturated carbocycles. The van der Waals surface area contributed by atoms with Crippen molar-refractivity contribution in [2.75, 3.05) is 26.2 Å². The van der Waals surface area contributed by atoms with E-state index >= 15 is 0 Å². The van der Waals surface area contributed by atoms with E-state index < -0.39 is 24.5 Å². The van der Waals surface area contributed by atoms with Crippen molar-refractivity contribution in [3.8, 4) is 0 Å². The Morgan fingerprint density at radius 3 is 2.67 bits per heavy atom. The molecule has 0 spiro atoms. The van der Waals surface area contributed by atoms with Gasteiger partial charge in [0.25, 0.3) is 0 Å². The van der Waals surface area contributed by atoms with Gasteiger partial charge in [-0.3, -0.25) is 4.79 Å². The number of ether oxygens (including phenoxy) is 1. The Bertz CT molecular complexity index is 284. The van der Waals surface area contributed by atoms with E-state index in [-0.39, 0.29) is 19.2 Å². The van der Waals surface area contributed by atoms with Crippen LogP contribution < -0.4 is 5.73 Å². The summed E-state index contributed by atoms with van der Waals surface area (Å²) < 4.78 is 42.5. The van der Waals surface area contributed by atoms with Gasteiger partial charge in [0.2, 0.25) is 5.91 Å². The minimum absolute atomic E-state index is 0.0200. The number of carbonyl (C=O) groups is 1. The second-order valence-corrected chi connectivity index (χ2v) is 4.38. The van der Waals surface area contributed by atoms with Crippen molar-refractivity contribution in [3.63, 3.8) is 0 Å². The molecule has 7 heteroatoms. The predicted molar refractivity (Wildman–Crippen MR) is 59.8 cm³/mol. The van der Waals surface area contributed by atoms with Gasteiger partial charge in [-0.05, 0) is 12.8 Å². The Labute approximate surface area is 104 Å². The van der Waals surface area contributed by atoms with Gasteiger partial charge in [-0.15, -0.1) is 0 Å². The molecule has 1 amide bonds. The minimum Gasteiger partial charge on any atom is -0.377 e. The zero-order valence-electron chi connectivity index (χ0n) is 10.4. The Balaban J connectivity index is 2.69. The first-order valence-corrected chi connectivity index (χ1v) is 6.06. The van der Waals surface area contributed by atoms with Crippen LogP contribution in [0.25, 0.3) is 0 Å². The van der Waals surface area contributed by atoms with Crippen LogP contribution in [0, 0.1) is 5.92 Å². The van der Waals surface area contributed by atoms with E-state index in [1.165, 1.54) is 0 Å². The van der Waals surface area contributed by atoms with Crippen LogP contribution in [0.5, 0.6) is 0 Å². The summed E-state index contributed by atoms with van der Waals surface area (Å²) in [6, 6.07) is 0. The highest BCUT2D eigenvalue weighted by molar-refractivity contribution is 5.79. The number of hydrogen-bond donors (Lipinski definition) is 1. The number of hydrogen-bond acceptors (Lipinski definition) is 3. The average Bonchev–Trinajstić information content (AvgIpc) is 2.73. The van der Waals surface area contributed by atoms with Crippen molar-refractivity contribution in [1.29, 1.82) is 0 Å². The van der Waals surface area contributed by atoms with Gasteiger partial charge >= 0.3 is 6.18 Å². The van der Waals surface area contributed by atoms with Gasteiger partial charge in [0.05, 0.1) is 12.0 Å². The summed E-state index contributed by atoms with van der Waals surface area (Å²) in [5, 5.41) is 0. The molecule has 18 heavy (non-hydrogen) atoms. The Morgan fingerprint density at radius 1 is 1.50 bits per heavy atom. The van der Waals surface area contributed by atoms with Gasteiger partial charge in [-0.1, -0.05) is 6.92 Å². The lowest BCUT2D eigenvalue weighted by Crippen LogP contribution is -2.46. The highest BCUT2D eigenvalue weighted by atomic mass is 19.4. The van der Waals surface area contributed by atoms with Crippen LogP contribution in [0.1, 0.15) is 19.8 Å². The number of rotatable bonds is 5. The lowest BCUT2D eigenvalue weighted by atomic mass is 9.98. The van der Waals surface area contributed by atoms with Gasteiger partial charge in [0.15, 0.2) is 0 Å². The lowest BCUT2D eigenvalue weighted by molar-refractivity contribution is -0.164. The van der Waals surface area contributed by atoms with E-state index in [4.69, 9.17) is 10.5 Å². The summed E-state index contributed by atoms with van der Waals surface area (Å²) in [5.74, 6) is -0.967. The first kappa shape index (κ1) is 15.2. The van der Waals surface area contributed by atoms with Gasteiger partial charge in [0, 0.05) is 19.7 Å². The molecule has 106 valence electrons. The summed E-state index contributed by atoms with van der Waals surface area (Å²) in [7, 11) is 0. The van der Waals surface area contributed by atoms with Crippen LogP contribution in [-0.2, 0) is 9.53 Å². The molecule has 1 rings (SSSR count). The van der Waals surface area contributed by atoms with Gasteiger partial charge < -0.3 is 15.4 Å². The highest BCUT2D eigenvalue weighted by Crippen LogP contribution is 2.26. The molecule has 0 aromatic rings. The normalized spacial score (nSPS) is 24.3. The van der Waals surface area contributed by atoms with Crippen LogP contribution in [0.3, 0.4) is 0 Å². The summed E-state index contributed by atoms with van der Waals surface area (Å²) in [5.41, 5.74) is 5.26. The molecule has 0 aromatic heterocycles. The molecular formula is C11H19F3N2O2. The van der Waals surface area contributed by atoms with E-state index in [9.17, 15) is 18.0 Å². The number of amides is 1. The quantitative estimate of drug-likeness (QED) is 0.813. The third-order valence-corrected chi connectivity index (χ3v) is 3.01. The smallest absolute Gasteiger partial charge is 0.377 e. The van der Waals surface area contributed by atoms with E-state index in [1.807, 2.05) is 6.92 Å². The summed E-state index contributed by atoms with van der Waals surface area (Å²) in [6.07, 6.45) is -3.56. The molecule has 2 N–H and O–H groups in total. The van der Waals surface area contributed by atoms with Crippen LogP contribution in [0.15, 0.2) is 0 Å². The van der Waals surface area contributed by atoms with Crippen molar-refractivity contribution < 1.29 is 22.7 Å². The van der Waals surface area contributed by atoms with Crippen LogP contribution >= 0.6 is 0 Å². The number of nitrogens with two attached hydrogens (primary N) is 1. The summed E-state index contributed by atoms with van der Waals surface area (Å²) in [4.78, 5) is 12.9. The van der Waals surface area contributed by atoms with Gasteiger partial charge in [-0.2, -0.15) is 13.2 Å². The molecule has 1 saturated heterocycles. The summed E-state index contributed by atoms with van der Waals surface area (Å²) in [6.45, 7) is 0.984. The fraction of sp³-hybridized carbons (Fsp3) is 0.909. The number of alkyl halides is 3. The highest BCUT2D eigenvalue weighted by Gasteiger charge is 2.39. The predicted octanol–water partition coefficient (Wildman–Crippen LogP) is 1.15. The molecule has 0 radical (unpaired) electrons. The molecule has 1 heterocycles. The van der Waals surface area contributed by atoms with E-state index in [1.54, 1.807) is 0 Å². The molecule has 1 aliphatic rings. The fourth-order valence-corrected chi connectivity index (χ4v) is 2.21. The zero-order chi connectivity index (χ0) is 13.8. The summed E-state index contributed by atoms with van der Waals surface area (Å²) >= 11 is 0. The van der Waals surface area contributed by atoms with E-state index in [2.05, 4.69) is 0 Å². The van der Waals surface area contributed by atoms with Crippen molar-refractivity contribution in [2.24, 2.45) is 11.7 Å². The number of halogens is 3. The SMILES string of the molecule is CCC1OCCC1C(=O)N(CCN)CC(F)(F)F. The molecular weight excluding hydrogens is 249 g/mol. The second-order valence-electron chi connectivity index (χ2n) is 4.38.